The average Bonchev–Trinajstić information content (AvgIpc) is 3.04. The molecule has 1 aromatic carbocycles. The van der Waals surface area contributed by atoms with Crippen molar-refractivity contribution in [2.45, 2.75) is 65.5 Å². The number of fused-ring (bicyclic) bond motifs is 1. The van der Waals surface area contributed by atoms with Crippen molar-refractivity contribution in [2.24, 2.45) is 18.4 Å². The maximum atomic E-state index is 12.7. The topological polar surface area (TPSA) is 84.7 Å². The van der Waals surface area contributed by atoms with Gasteiger partial charge in [0.25, 0.3) is 5.56 Å². The molecule has 31 heavy (non-hydrogen) atoms. The molecule has 2 N–H and O–H groups in total. The van der Waals surface area contributed by atoms with Crippen LogP contribution in [0.4, 0.5) is 5.95 Å². The summed E-state index contributed by atoms with van der Waals surface area (Å²) in [6, 6.07) is 10.6. The summed E-state index contributed by atoms with van der Waals surface area (Å²) >= 11 is 0. The second-order valence-corrected chi connectivity index (χ2v) is 9.92. The van der Waals surface area contributed by atoms with Crippen LogP contribution in [-0.4, -0.2) is 25.1 Å². The number of aryl methyl sites for hydroxylation is 3. The van der Waals surface area contributed by atoms with Crippen molar-refractivity contribution in [2.75, 3.05) is 5.32 Å². The highest BCUT2D eigenvalue weighted by molar-refractivity contribution is 5.74. The second-order valence-electron chi connectivity index (χ2n) is 9.92. The number of H-pyrrole nitrogens is 1. The van der Waals surface area contributed by atoms with Crippen molar-refractivity contribution in [3.05, 3.63) is 56.7 Å². The molecule has 1 aliphatic rings. The Morgan fingerprint density at radius 1 is 1.19 bits per heavy atom. The molecule has 2 heterocycles. The molecule has 7 nitrogen and oxygen atoms in total. The molecule has 0 saturated heterocycles. The Hall–Kier alpha value is -2.83. The van der Waals surface area contributed by atoms with E-state index in [4.69, 9.17) is 4.98 Å². The number of benzene rings is 1. The number of aromatic amines is 1. The van der Waals surface area contributed by atoms with E-state index < -0.39 is 5.69 Å². The van der Waals surface area contributed by atoms with Gasteiger partial charge in [0.1, 0.15) is 0 Å². The highest BCUT2D eigenvalue weighted by atomic mass is 16.2. The van der Waals surface area contributed by atoms with Gasteiger partial charge in [0.15, 0.2) is 11.2 Å². The molecule has 7 heteroatoms. The molecular formula is C24H33N5O2. The van der Waals surface area contributed by atoms with Crippen molar-refractivity contribution in [3.8, 4) is 0 Å². The molecule has 2 atom stereocenters. The van der Waals surface area contributed by atoms with Crippen LogP contribution in [0.1, 0.15) is 52.0 Å². The average molecular weight is 424 g/mol. The maximum Gasteiger partial charge on any atom is 0.329 e. The largest absolute Gasteiger partial charge is 0.353 e. The first-order valence-corrected chi connectivity index (χ1v) is 11.2. The molecule has 2 aromatic heterocycles. The Labute approximate surface area is 182 Å². The van der Waals surface area contributed by atoms with Gasteiger partial charge < -0.3 is 9.88 Å². The number of nitrogens with zero attached hydrogens (tertiary/aromatic N) is 3. The Balaban J connectivity index is 1.67. The number of anilines is 1. The number of hydrogen-bond donors (Lipinski definition) is 2. The predicted octanol–water partition coefficient (Wildman–Crippen LogP) is 3.68. The quantitative estimate of drug-likeness (QED) is 0.633. The number of nitrogens with one attached hydrogen (secondary N) is 2. The normalized spacial score (nSPS) is 20.8. The molecule has 1 saturated carbocycles. The summed E-state index contributed by atoms with van der Waals surface area (Å²) in [6.45, 7) is 7.58. The molecule has 0 unspecified atom stereocenters. The third kappa shape index (κ3) is 4.60. The molecular weight excluding hydrogens is 390 g/mol. The number of imidazole rings is 1. The van der Waals surface area contributed by atoms with E-state index >= 15 is 0 Å². The van der Waals surface area contributed by atoms with Crippen LogP contribution in [0.25, 0.3) is 11.2 Å². The van der Waals surface area contributed by atoms with Crippen molar-refractivity contribution in [3.63, 3.8) is 0 Å². The zero-order valence-electron chi connectivity index (χ0n) is 18.9. The smallest absolute Gasteiger partial charge is 0.329 e. The molecule has 1 fully saturated rings. The van der Waals surface area contributed by atoms with Gasteiger partial charge in [-0.1, -0.05) is 51.1 Å². The van der Waals surface area contributed by atoms with E-state index in [2.05, 4.69) is 43.2 Å². The number of rotatable bonds is 6. The van der Waals surface area contributed by atoms with Gasteiger partial charge in [-0.2, -0.15) is 4.98 Å². The number of aromatic nitrogens is 4. The molecule has 0 bridgehead atoms. The van der Waals surface area contributed by atoms with Crippen molar-refractivity contribution < 1.29 is 0 Å². The minimum atomic E-state index is -0.439. The summed E-state index contributed by atoms with van der Waals surface area (Å²) in [5.74, 6) is 1.31. The predicted molar refractivity (Wildman–Crippen MR) is 125 cm³/mol. The van der Waals surface area contributed by atoms with Crippen LogP contribution in [0.15, 0.2) is 39.9 Å². The lowest BCUT2D eigenvalue weighted by atomic mass is 9.71. The zero-order valence-corrected chi connectivity index (χ0v) is 18.9. The highest BCUT2D eigenvalue weighted by Gasteiger charge is 2.33. The van der Waals surface area contributed by atoms with Crippen molar-refractivity contribution in [1.29, 1.82) is 0 Å². The first-order valence-electron chi connectivity index (χ1n) is 11.2. The van der Waals surface area contributed by atoms with E-state index in [1.165, 1.54) is 16.6 Å². The van der Waals surface area contributed by atoms with E-state index in [0.29, 0.717) is 35.6 Å². The van der Waals surface area contributed by atoms with Crippen LogP contribution >= 0.6 is 0 Å². The Bertz CT molecular complexity index is 1170. The van der Waals surface area contributed by atoms with E-state index in [1.54, 1.807) is 7.05 Å². The van der Waals surface area contributed by atoms with Crippen LogP contribution < -0.4 is 16.6 Å². The van der Waals surface area contributed by atoms with E-state index in [9.17, 15) is 9.59 Å². The SMILES string of the molecule is C[C@H]1C[C@@H](Nc2nc3c(c(=O)[nH]c(=O)n3C)n2CCCc2ccccc2)CC(C)(C)C1. The van der Waals surface area contributed by atoms with Crippen LogP contribution in [0.5, 0.6) is 0 Å². The third-order valence-corrected chi connectivity index (χ3v) is 6.42. The lowest BCUT2D eigenvalue weighted by molar-refractivity contribution is 0.177. The van der Waals surface area contributed by atoms with Gasteiger partial charge in [-0.25, -0.2) is 4.79 Å². The summed E-state index contributed by atoms with van der Waals surface area (Å²) in [5.41, 5.74) is 1.61. The zero-order chi connectivity index (χ0) is 22.2. The van der Waals surface area contributed by atoms with Crippen molar-refractivity contribution in [1.82, 2.24) is 19.1 Å². The van der Waals surface area contributed by atoms with Gasteiger partial charge >= 0.3 is 5.69 Å². The fourth-order valence-corrected chi connectivity index (χ4v) is 5.29. The minimum Gasteiger partial charge on any atom is -0.353 e. The molecule has 1 aliphatic carbocycles. The minimum absolute atomic E-state index is 0.268. The fourth-order valence-electron chi connectivity index (χ4n) is 5.29. The van der Waals surface area contributed by atoms with E-state index in [1.807, 2.05) is 22.8 Å². The molecule has 0 aliphatic heterocycles. The lowest BCUT2D eigenvalue weighted by Crippen LogP contribution is -2.36. The summed E-state index contributed by atoms with van der Waals surface area (Å²) in [7, 11) is 1.65. The maximum absolute atomic E-state index is 12.7. The van der Waals surface area contributed by atoms with Crippen LogP contribution in [0.3, 0.4) is 0 Å². The van der Waals surface area contributed by atoms with Gasteiger partial charge in [-0.15, -0.1) is 0 Å². The standard InChI is InChI=1S/C24H33N5O2/c1-16-13-18(15-24(2,3)14-16)25-22-26-20-19(21(30)27-23(31)28(20)4)29(22)12-8-11-17-9-6-5-7-10-17/h5-7,9-10,16,18H,8,11-15H2,1-4H3,(H,25,26)(H,27,30,31)/t16-,18+/m0/s1. The Morgan fingerprint density at radius 3 is 2.65 bits per heavy atom. The number of hydrogen-bond acceptors (Lipinski definition) is 4. The third-order valence-electron chi connectivity index (χ3n) is 6.42. The molecule has 0 amide bonds. The fraction of sp³-hybridized carbons (Fsp3) is 0.542. The second kappa shape index (κ2) is 8.36. The summed E-state index contributed by atoms with van der Waals surface area (Å²) in [6.07, 6.45) is 5.13. The lowest BCUT2D eigenvalue weighted by Gasteiger charge is -2.39. The highest BCUT2D eigenvalue weighted by Crippen LogP contribution is 2.39. The van der Waals surface area contributed by atoms with Gasteiger partial charge in [0.2, 0.25) is 5.95 Å². The molecule has 166 valence electrons. The van der Waals surface area contributed by atoms with Gasteiger partial charge in [-0.05, 0) is 49.0 Å². The van der Waals surface area contributed by atoms with Crippen LogP contribution in [0, 0.1) is 11.3 Å². The summed E-state index contributed by atoms with van der Waals surface area (Å²) in [4.78, 5) is 32.0. The first kappa shape index (κ1) is 21.4. The van der Waals surface area contributed by atoms with Crippen molar-refractivity contribution >= 4 is 17.1 Å². The summed E-state index contributed by atoms with van der Waals surface area (Å²) < 4.78 is 3.38. The molecule has 3 aromatic rings. The molecule has 0 radical (unpaired) electrons. The van der Waals surface area contributed by atoms with Crippen LogP contribution in [-0.2, 0) is 20.0 Å². The van der Waals surface area contributed by atoms with Gasteiger partial charge in [0.05, 0.1) is 0 Å². The van der Waals surface area contributed by atoms with Crippen LogP contribution in [0.2, 0.25) is 0 Å². The van der Waals surface area contributed by atoms with E-state index in [0.717, 1.165) is 25.7 Å². The molecule has 0 spiro atoms. The first-order chi connectivity index (χ1) is 14.7. The van der Waals surface area contributed by atoms with E-state index in [-0.39, 0.29) is 11.0 Å². The Morgan fingerprint density at radius 2 is 1.94 bits per heavy atom. The van der Waals surface area contributed by atoms with Gasteiger partial charge in [0, 0.05) is 19.6 Å². The van der Waals surface area contributed by atoms with Gasteiger partial charge in [-0.3, -0.25) is 14.3 Å². The Kier molecular flexibility index (Phi) is 5.77. The summed E-state index contributed by atoms with van der Waals surface area (Å²) in [5, 5.41) is 3.63. The monoisotopic (exact) mass is 423 g/mol. The molecule has 4 rings (SSSR count).